The lowest BCUT2D eigenvalue weighted by molar-refractivity contribution is -0.144. The molecule has 3 aromatic rings. The van der Waals surface area contributed by atoms with Crippen molar-refractivity contribution in [2.45, 2.75) is 26.7 Å². The predicted molar refractivity (Wildman–Crippen MR) is 165 cm³/mol. The highest BCUT2D eigenvalue weighted by Gasteiger charge is 2.16. The monoisotopic (exact) mass is 598 g/mol. The molecule has 0 N–H and O–H groups in total. The van der Waals surface area contributed by atoms with Gasteiger partial charge in [0.2, 0.25) is 0 Å². The van der Waals surface area contributed by atoms with Crippen molar-refractivity contribution in [1.82, 2.24) is 0 Å². The maximum Gasteiger partial charge on any atom is 0.339 e. The third kappa shape index (κ3) is 10.8. The fourth-order valence-corrected chi connectivity index (χ4v) is 3.78. The molecule has 0 aromatic heterocycles. The third-order valence-electron chi connectivity index (χ3n) is 5.99. The summed E-state index contributed by atoms with van der Waals surface area (Å²) in [7, 11) is 0. The molecule has 0 amide bonds. The summed E-state index contributed by atoms with van der Waals surface area (Å²) in [4.78, 5) is 47.2. The predicted octanol–water partition coefficient (Wildman–Crippen LogP) is 6.19. The van der Waals surface area contributed by atoms with Crippen molar-refractivity contribution >= 4 is 30.0 Å². The van der Waals surface area contributed by atoms with Crippen molar-refractivity contribution < 1.29 is 42.9 Å². The number of benzene rings is 3. The van der Waals surface area contributed by atoms with Gasteiger partial charge in [0.15, 0.2) is 0 Å². The van der Waals surface area contributed by atoms with E-state index in [1.807, 2.05) is 36.4 Å². The van der Waals surface area contributed by atoms with Gasteiger partial charge in [-0.05, 0) is 78.6 Å². The Morgan fingerprint density at radius 2 is 1.45 bits per heavy atom. The molecule has 0 saturated heterocycles. The third-order valence-corrected chi connectivity index (χ3v) is 5.99. The lowest BCUT2D eigenvalue weighted by Crippen LogP contribution is -2.15. The molecule has 3 rings (SSSR count). The summed E-state index contributed by atoms with van der Waals surface area (Å²) in [5.41, 5.74) is 3.24. The SMILES string of the molecule is C=CC(=O)OCCCOc1ccc(-c2ccc(OC(=O)/C=C/c3ccc(OC(=O)C(=C)CC(=O)OCC)c(C)c3)cc2)cc1. The second-order valence-corrected chi connectivity index (χ2v) is 9.38. The number of aryl methyl sites for hydroxylation is 1. The molecule has 9 heteroatoms. The lowest BCUT2D eigenvalue weighted by atomic mass is 10.1. The molecule has 3 aromatic carbocycles. The van der Waals surface area contributed by atoms with Gasteiger partial charge in [-0.2, -0.15) is 0 Å². The van der Waals surface area contributed by atoms with Crippen LogP contribution in [0.2, 0.25) is 0 Å². The summed E-state index contributed by atoms with van der Waals surface area (Å²) in [5, 5.41) is 0. The van der Waals surface area contributed by atoms with Crippen molar-refractivity contribution in [2.24, 2.45) is 0 Å². The standard InChI is InChI=1S/C35H34O9/c1-5-32(36)42-21-7-20-41-29-14-10-27(11-15-29)28-12-16-30(17-13-28)43-33(37)19-9-26-8-18-31(24(3)22-26)44-35(39)25(4)23-34(38)40-6-2/h5,8-19,22H,1,4,6-7,20-21,23H2,2-3H3/b19-9+. The Morgan fingerprint density at radius 1 is 0.795 bits per heavy atom. The van der Waals surface area contributed by atoms with E-state index in [0.29, 0.717) is 41.4 Å². The molecule has 0 aliphatic rings. The summed E-state index contributed by atoms with van der Waals surface area (Å²) in [6, 6.07) is 19.7. The largest absolute Gasteiger partial charge is 0.493 e. The van der Waals surface area contributed by atoms with Crippen molar-refractivity contribution in [1.29, 1.82) is 0 Å². The second-order valence-electron chi connectivity index (χ2n) is 9.38. The summed E-state index contributed by atoms with van der Waals surface area (Å²) in [6.45, 7) is 11.3. The van der Waals surface area contributed by atoms with Crippen LogP contribution in [0, 0.1) is 6.92 Å². The molecule has 44 heavy (non-hydrogen) atoms. The zero-order valence-electron chi connectivity index (χ0n) is 24.7. The number of rotatable bonds is 15. The van der Waals surface area contributed by atoms with E-state index in [1.54, 1.807) is 50.3 Å². The second kappa shape index (κ2) is 16.9. The molecular weight excluding hydrogens is 564 g/mol. The van der Waals surface area contributed by atoms with Gasteiger partial charge in [-0.1, -0.05) is 43.5 Å². The van der Waals surface area contributed by atoms with Crippen LogP contribution in [0.25, 0.3) is 17.2 Å². The summed E-state index contributed by atoms with van der Waals surface area (Å²) in [5.74, 6) is -0.878. The number of hydrogen-bond acceptors (Lipinski definition) is 9. The zero-order chi connectivity index (χ0) is 31.9. The molecule has 0 radical (unpaired) electrons. The van der Waals surface area contributed by atoms with Crippen molar-refractivity contribution in [3.05, 3.63) is 109 Å². The quantitative estimate of drug-likeness (QED) is 0.0874. The highest BCUT2D eigenvalue weighted by atomic mass is 16.5. The molecule has 0 heterocycles. The van der Waals surface area contributed by atoms with E-state index in [-0.39, 0.29) is 25.2 Å². The first-order valence-corrected chi connectivity index (χ1v) is 13.9. The molecule has 0 bridgehead atoms. The highest BCUT2D eigenvalue weighted by molar-refractivity contribution is 5.94. The minimum absolute atomic E-state index is 0.0101. The van der Waals surface area contributed by atoms with Gasteiger partial charge in [0.1, 0.15) is 17.2 Å². The summed E-state index contributed by atoms with van der Waals surface area (Å²) < 4.78 is 26.2. The van der Waals surface area contributed by atoms with Crippen molar-refractivity contribution in [3.8, 4) is 28.4 Å². The van der Waals surface area contributed by atoms with E-state index in [1.165, 1.54) is 6.08 Å². The Bertz CT molecular complexity index is 1520. The minimum atomic E-state index is -0.720. The van der Waals surface area contributed by atoms with Gasteiger partial charge in [0.05, 0.1) is 26.2 Å². The molecule has 0 saturated carbocycles. The van der Waals surface area contributed by atoms with Gasteiger partial charge in [-0.3, -0.25) is 4.79 Å². The van der Waals surface area contributed by atoms with Crippen LogP contribution in [0.3, 0.4) is 0 Å². The Balaban J connectivity index is 1.48. The molecule has 0 aliphatic heterocycles. The topological polar surface area (TPSA) is 114 Å². The maximum absolute atomic E-state index is 12.4. The molecule has 0 fully saturated rings. The number of esters is 4. The number of ether oxygens (including phenoxy) is 5. The van der Waals surface area contributed by atoms with Crippen LogP contribution in [0.4, 0.5) is 0 Å². The van der Waals surface area contributed by atoms with E-state index in [0.717, 1.165) is 17.2 Å². The van der Waals surface area contributed by atoms with Crippen molar-refractivity contribution in [3.63, 3.8) is 0 Å². The zero-order valence-corrected chi connectivity index (χ0v) is 24.7. The van der Waals surface area contributed by atoms with Crippen LogP contribution >= 0.6 is 0 Å². The molecule has 0 spiro atoms. The van der Waals surface area contributed by atoms with Gasteiger partial charge < -0.3 is 23.7 Å². The smallest absolute Gasteiger partial charge is 0.339 e. The van der Waals surface area contributed by atoms with E-state index in [2.05, 4.69) is 13.2 Å². The van der Waals surface area contributed by atoms with Crippen molar-refractivity contribution in [2.75, 3.05) is 19.8 Å². The molecule has 0 unspecified atom stereocenters. The fraction of sp³-hybridized carbons (Fsp3) is 0.200. The first-order chi connectivity index (χ1) is 21.2. The normalized spacial score (nSPS) is 10.5. The Morgan fingerprint density at radius 3 is 2.07 bits per heavy atom. The lowest BCUT2D eigenvalue weighted by Gasteiger charge is -2.09. The Hall–Kier alpha value is -5.44. The molecule has 228 valence electrons. The van der Waals surface area contributed by atoms with Gasteiger partial charge >= 0.3 is 23.9 Å². The maximum atomic E-state index is 12.4. The first kappa shape index (κ1) is 33.1. The summed E-state index contributed by atoms with van der Waals surface area (Å²) >= 11 is 0. The highest BCUT2D eigenvalue weighted by Crippen LogP contribution is 2.25. The van der Waals surface area contributed by atoms with Gasteiger partial charge in [-0.15, -0.1) is 0 Å². The van der Waals surface area contributed by atoms with Crippen LogP contribution in [-0.2, 0) is 28.7 Å². The number of carbonyl (C=O) groups excluding carboxylic acids is 4. The Kier molecular flexibility index (Phi) is 12.7. The number of hydrogen-bond donors (Lipinski definition) is 0. The van der Waals surface area contributed by atoms with E-state index in [4.69, 9.17) is 23.7 Å². The van der Waals surface area contributed by atoms with Crippen LogP contribution < -0.4 is 14.2 Å². The Labute approximate surface area is 256 Å². The van der Waals surface area contributed by atoms with Gasteiger partial charge in [0.25, 0.3) is 0 Å². The van der Waals surface area contributed by atoms with Gasteiger partial charge in [-0.25, -0.2) is 14.4 Å². The van der Waals surface area contributed by atoms with E-state index < -0.39 is 23.9 Å². The van der Waals surface area contributed by atoms with E-state index >= 15 is 0 Å². The molecule has 9 nitrogen and oxygen atoms in total. The van der Waals surface area contributed by atoms with Crippen LogP contribution in [0.15, 0.2) is 97.6 Å². The molecule has 0 atom stereocenters. The first-order valence-electron chi connectivity index (χ1n) is 13.9. The van der Waals surface area contributed by atoms with Crippen LogP contribution in [0.1, 0.15) is 30.9 Å². The average Bonchev–Trinajstić information content (AvgIpc) is 3.01. The van der Waals surface area contributed by atoms with Crippen LogP contribution in [-0.4, -0.2) is 43.7 Å². The summed E-state index contributed by atoms with van der Waals surface area (Å²) in [6.07, 6.45) is 4.33. The number of carbonyl (C=O) groups is 4. The molecular formula is C35H34O9. The molecule has 0 aliphatic carbocycles. The minimum Gasteiger partial charge on any atom is -0.493 e. The fourth-order valence-electron chi connectivity index (χ4n) is 3.78. The van der Waals surface area contributed by atoms with Crippen LogP contribution in [0.5, 0.6) is 17.2 Å². The average molecular weight is 599 g/mol. The van der Waals surface area contributed by atoms with E-state index in [9.17, 15) is 19.2 Å². The van der Waals surface area contributed by atoms with Gasteiger partial charge in [0, 0.05) is 24.1 Å².